The highest BCUT2D eigenvalue weighted by molar-refractivity contribution is 6.34. The van der Waals surface area contributed by atoms with E-state index in [0.717, 1.165) is 0 Å². The zero-order chi connectivity index (χ0) is 13.1. The van der Waals surface area contributed by atoms with Gasteiger partial charge in [0.05, 0.1) is 16.3 Å². The molecule has 0 aliphatic carbocycles. The lowest BCUT2D eigenvalue weighted by atomic mass is 10.1. The van der Waals surface area contributed by atoms with Crippen LogP contribution >= 0.6 is 11.6 Å². The van der Waals surface area contributed by atoms with Crippen molar-refractivity contribution in [2.45, 2.75) is 0 Å². The van der Waals surface area contributed by atoms with E-state index < -0.39 is 11.9 Å². The third kappa shape index (κ3) is 2.36. The first kappa shape index (κ1) is 12.2. The minimum Gasteiger partial charge on any atom is -0.478 e. The van der Waals surface area contributed by atoms with Crippen LogP contribution < -0.4 is 5.32 Å². The number of para-hydroxylation sites is 1. The number of carboxylic acids is 1. The van der Waals surface area contributed by atoms with Gasteiger partial charge < -0.3 is 15.4 Å². The Kier molecular flexibility index (Phi) is 3.34. The van der Waals surface area contributed by atoms with Gasteiger partial charge >= 0.3 is 5.97 Å². The van der Waals surface area contributed by atoms with Crippen molar-refractivity contribution < 1.29 is 14.7 Å². The Morgan fingerprint density at radius 2 is 2.00 bits per heavy atom. The van der Waals surface area contributed by atoms with Gasteiger partial charge in [-0.2, -0.15) is 0 Å². The summed E-state index contributed by atoms with van der Waals surface area (Å²) in [6.07, 6.45) is 1.60. The average Bonchev–Trinajstić information content (AvgIpc) is 2.85. The Morgan fingerprint density at radius 3 is 2.61 bits per heavy atom. The van der Waals surface area contributed by atoms with Gasteiger partial charge in [0.25, 0.3) is 5.91 Å². The second-order valence-corrected chi connectivity index (χ2v) is 3.91. The molecule has 0 radical (unpaired) electrons. The number of carbonyl (C=O) groups excluding carboxylic acids is 1. The van der Waals surface area contributed by atoms with E-state index in [4.69, 9.17) is 16.7 Å². The lowest BCUT2D eigenvalue weighted by Gasteiger charge is -2.09. The van der Waals surface area contributed by atoms with Gasteiger partial charge in [0.1, 0.15) is 5.69 Å². The van der Waals surface area contributed by atoms with E-state index in [1.165, 1.54) is 18.2 Å². The number of H-pyrrole nitrogens is 1. The molecule has 18 heavy (non-hydrogen) atoms. The molecule has 92 valence electrons. The number of carbonyl (C=O) groups is 2. The molecular formula is C12H9ClN2O3. The van der Waals surface area contributed by atoms with Gasteiger partial charge in [-0.05, 0) is 24.3 Å². The summed E-state index contributed by atoms with van der Waals surface area (Å²) in [5.41, 5.74) is 0.361. The van der Waals surface area contributed by atoms with Crippen molar-refractivity contribution in [1.29, 1.82) is 0 Å². The molecule has 0 aliphatic rings. The third-order valence-electron chi connectivity index (χ3n) is 2.33. The summed E-state index contributed by atoms with van der Waals surface area (Å²) in [5.74, 6) is -1.60. The van der Waals surface area contributed by atoms with Gasteiger partial charge in [-0.1, -0.05) is 17.7 Å². The largest absolute Gasteiger partial charge is 0.478 e. The molecule has 0 spiro atoms. The second kappa shape index (κ2) is 4.93. The van der Waals surface area contributed by atoms with Crippen LogP contribution in [-0.4, -0.2) is 22.0 Å². The van der Waals surface area contributed by atoms with Crippen LogP contribution in [-0.2, 0) is 0 Å². The van der Waals surface area contributed by atoms with Crippen LogP contribution in [0.4, 0.5) is 5.69 Å². The first-order valence-electron chi connectivity index (χ1n) is 5.06. The maximum absolute atomic E-state index is 11.8. The van der Waals surface area contributed by atoms with E-state index in [-0.39, 0.29) is 16.3 Å². The summed E-state index contributed by atoms with van der Waals surface area (Å²) in [7, 11) is 0. The third-order valence-corrected chi connectivity index (χ3v) is 2.64. The number of rotatable bonds is 3. The summed E-state index contributed by atoms with van der Waals surface area (Å²) in [5, 5.41) is 11.7. The maximum Gasteiger partial charge on any atom is 0.337 e. The fourth-order valence-corrected chi connectivity index (χ4v) is 1.70. The zero-order valence-corrected chi connectivity index (χ0v) is 9.86. The van der Waals surface area contributed by atoms with Crippen molar-refractivity contribution >= 4 is 29.2 Å². The molecule has 1 amide bonds. The van der Waals surface area contributed by atoms with E-state index in [0.29, 0.717) is 5.69 Å². The smallest absolute Gasteiger partial charge is 0.337 e. The molecule has 2 rings (SSSR count). The minimum atomic E-state index is -1.15. The van der Waals surface area contributed by atoms with Gasteiger partial charge in [0.2, 0.25) is 0 Å². The lowest BCUT2D eigenvalue weighted by Crippen LogP contribution is -2.15. The van der Waals surface area contributed by atoms with Crippen LogP contribution in [0.2, 0.25) is 5.02 Å². The van der Waals surface area contributed by atoms with Gasteiger partial charge in [0, 0.05) is 6.20 Å². The van der Waals surface area contributed by atoms with Crippen LogP contribution in [0.25, 0.3) is 0 Å². The molecular weight excluding hydrogens is 256 g/mol. The Balaban J connectivity index is 2.34. The highest BCUT2D eigenvalue weighted by Gasteiger charge is 2.16. The Hall–Kier alpha value is -2.27. The fraction of sp³-hybridized carbons (Fsp3) is 0. The highest BCUT2D eigenvalue weighted by Crippen LogP contribution is 2.26. The lowest BCUT2D eigenvalue weighted by molar-refractivity contribution is 0.0698. The Labute approximate surface area is 107 Å². The van der Waals surface area contributed by atoms with Crippen molar-refractivity contribution in [1.82, 2.24) is 4.98 Å². The second-order valence-electron chi connectivity index (χ2n) is 3.51. The molecule has 2 aromatic rings. The molecule has 1 aromatic carbocycles. The van der Waals surface area contributed by atoms with E-state index in [2.05, 4.69) is 10.3 Å². The molecule has 1 aromatic heterocycles. The number of hydrogen-bond acceptors (Lipinski definition) is 2. The number of benzene rings is 1. The standard InChI is InChI=1S/C12H9ClN2O3/c13-8-4-1-3-7(12(17)18)10(8)15-11(16)9-5-2-6-14-9/h1-6,14H,(H,15,16)(H,17,18). The normalized spacial score (nSPS) is 10.1. The summed E-state index contributed by atoms with van der Waals surface area (Å²) < 4.78 is 0. The SMILES string of the molecule is O=C(Nc1c(Cl)cccc1C(=O)O)c1ccc[nH]1. The zero-order valence-electron chi connectivity index (χ0n) is 9.11. The Bertz CT molecular complexity index is 593. The van der Waals surface area contributed by atoms with E-state index in [9.17, 15) is 9.59 Å². The maximum atomic E-state index is 11.8. The summed E-state index contributed by atoms with van der Waals surface area (Å²) in [6, 6.07) is 7.64. The molecule has 1 heterocycles. The van der Waals surface area contributed by atoms with Gasteiger partial charge in [-0.15, -0.1) is 0 Å². The van der Waals surface area contributed by atoms with E-state index in [1.807, 2.05) is 0 Å². The summed E-state index contributed by atoms with van der Waals surface area (Å²) >= 11 is 5.89. The number of aromatic amines is 1. The summed E-state index contributed by atoms with van der Waals surface area (Å²) in [6.45, 7) is 0. The quantitative estimate of drug-likeness (QED) is 0.797. The molecule has 0 saturated carbocycles. The number of anilines is 1. The van der Waals surface area contributed by atoms with Crippen LogP contribution in [0.15, 0.2) is 36.5 Å². The van der Waals surface area contributed by atoms with Crippen LogP contribution in [0.5, 0.6) is 0 Å². The number of amides is 1. The predicted molar refractivity (Wildman–Crippen MR) is 67.2 cm³/mol. The van der Waals surface area contributed by atoms with Crippen LogP contribution in [0, 0.1) is 0 Å². The molecule has 0 atom stereocenters. The highest BCUT2D eigenvalue weighted by atomic mass is 35.5. The Morgan fingerprint density at radius 1 is 1.22 bits per heavy atom. The number of aromatic nitrogens is 1. The van der Waals surface area contributed by atoms with Crippen LogP contribution in [0.1, 0.15) is 20.8 Å². The molecule has 0 saturated heterocycles. The predicted octanol–water partition coefficient (Wildman–Crippen LogP) is 2.62. The number of halogens is 1. The van der Waals surface area contributed by atoms with E-state index in [1.54, 1.807) is 18.3 Å². The van der Waals surface area contributed by atoms with Gasteiger partial charge in [-0.3, -0.25) is 4.79 Å². The van der Waals surface area contributed by atoms with Crippen molar-refractivity contribution in [3.63, 3.8) is 0 Å². The summed E-state index contributed by atoms with van der Waals surface area (Å²) in [4.78, 5) is 25.6. The van der Waals surface area contributed by atoms with Crippen molar-refractivity contribution in [3.05, 3.63) is 52.8 Å². The first-order chi connectivity index (χ1) is 8.59. The molecule has 0 unspecified atom stereocenters. The number of carboxylic acid groups (broad SMARTS) is 1. The molecule has 5 nitrogen and oxygen atoms in total. The molecule has 6 heteroatoms. The van der Waals surface area contributed by atoms with Crippen LogP contribution in [0.3, 0.4) is 0 Å². The minimum absolute atomic E-state index is 0.0533. The fourth-order valence-electron chi connectivity index (χ4n) is 1.48. The molecule has 0 fully saturated rings. The number of aromatic carboxylic acids is 1. The molecule has 3 N–H and O–H groups in total. The van der Waals surface area contributed by atoms with E-state index >= 15 is 0 Å². The monoisotopic (exact) mass is 264 g/mol. The number of nitrogens with one attached hydrogen (secondary N) is 2. The van der Waals surface area contributed by atoms with Gasteiger partial charge in [0.15, 0.2) is 0 Å². The first-order valence-corrected chi connectivity index (χ1v) is 5.44. The van der Waals surface area contributed by atoms with Gasteiger partial charge in [-0.25, -0.2) is 4.79 Å². The molecule has 0 aliphatic heterocycles. The number of hydrogen-bond donors (Lipinski definition) is 3. The molecule has 0 bridgehead atoms. The topological polar surface area (TPSA) is 82.2 Å². The average molecular weight is 265 g/mol. The van der Waals surface area contributed by atoms with Crippen molar-refractivity contribution in [3.8, 4) is 0 Å². The van der Waals surface area contributed by atoms with Crippen molar-refractivity contribution in [2.24, 2.45) is 0 Å². The van der Waals surface area contributed by atoms with Crippen molar-refractivity contribution in [2.75, 3.05) is 5.32 Å².